The van der Waals surface area contributed by atoms with E-state index < -0.39 is 79.2 Å². The van der Waals surface area contributed by atoms with E-state index in [2.05, 4.69) is 44.8 Å². The zero-order valence-corrected chi connectivity index (χ0v) is 35.7. The van der Waals surface area contributed by atoms with Crippen LogP contribution in [0.15, 0.2) is 75.9 Å². The van der Waals surface area contributed by atoms with Crippen molar-refractivity contribution in [2.24, 2.45) is 10.8 Å². The predicted octanol–water partition coefficient (Wildman–Crippen LogP) is 4.06. The van der Waals surface area contributed by atoms with E-state index in [0.29, 0.717) is 51.4 Å². The minimum absolute atomic E-state index is 0.0947. The number of unbranched alkanes of at least 4 members (excludes halogenated alkanes) is 6. The standard InChI is InChI=1S/C43H59N3O17/c1-7-33(47)57-26-42(27-58-34(48)8-2,28-59-35(49)9-3)25-56-24-20-16-15-19-23-46-40(54)45(41(46)55)22-18-14-13-17-21-44-39(53)63-32-43(29-60-36(50)10-4,30-61-37(51)11-5)31-62-38(52)12-6/h7-12H,1-6,13-32H2,(H,44,53). The fourth-order valence-electron chi connectivity index (χ4n) is 5.32. The number of ether oxygens (including phenoxy) is 8. The molecule has 0 atom stereocenters. The highest BCUT2D eigenvalue weighted by Crippen LogP contribution is 2.24. The number of carbonyl (C=O) groups is 9. The number of carbonyl (C=O) groups excluding carboxylic acids is 9. The van der Waals surface area contributed by atoms with Crippen molar-refractivity contribution in [3.05, 3.63) is 75.9 Å². The van der Waals surface area contributed by atoms with Gasteiger partial charge in [-0.05, 0) is 25.7 Å². The molecule has 1 aliphatic heterocycles. The lowest BCUT2D eigenvalue weighted by molar-refractivity contribution is -0.162. The molecule has 1 fully saturated rings. The van der Waals surface area contributed by atoms with Crippen molar-refractivity contribution in [3.8, 4) is 0 Å². The number of alkyl carbamates (subject to hydrolysis) is 1. The van der Waals surface area contributed by atoms with Crippen molar-refractivity contribution < 1.29 is 81.0 Å². The van der Waals surface area contributed by atoms with Gasteiger partial charge in [0.2, 0.25) is 0 Å². The molecule has 1 aliphatic rings. The van der Waals surface area contributed by atoms with E-state index in [1.54, 1.807) is 0 Å². The van der Waals surface area contributed by atoms with E-state index in [1.165, 1.54) is 9.80 Å². The molecule has 1 rings (SSSR count). The molecule has 1 heterocycles. The Bertz CT molecular complexity index is 1520. The molecule has 1 N–H and O–H groups in total. The van der Waals surface area contributed by atoms with Gasteiger partial charge in [0.15, 0.2) is 0 Å². The van der Waals surface area contributed by atoms with Crippen molar-refractivity contribution in [1.82, 2.24) is 15.1 Å². The molecule has 0 bridgehead atoms. The molecular formula is C43H59N3O17. The average molecular weight is 890 g/mol. The van der Waals surface area contributed by atoms with E-state index in [4.69, 9.17) is 37.9 Å². The van der Waals surface area contributed by atoms with Crippen LogP contribution in [0.3, 0.4) is 0 Å². The maximum atomic E-state index is 12.6. The van der Waals surface area contributed by atoms with E-state index in [-0.39, 0.29) is 64.7 Å². The number of hydrogen-bond donors (Lipinski definition) is 1. The number of urea groups is 2. The summed E-state index contributed by atoms with van der Waals surface area (Å²) in [5, 5.41) is 2.58. The van der Waals surface area contributed by atoms with Gasteiger partial charge in [-0.2, -0.15) is 0 Å². The first-order chi connectivity index (χ1) is 30.1. The third kappa shape index (κ3) is 21.7. The second-order valence-corrected chi connectivity index (χ2v) is 14.1. The number of nitrogens with zero attached hydrogens (tertiary/aromatic N) is 2. The molecule has 20 nitrogen and oxygen atoms in total. The molecule has 20 heteroatoms. The van der Waals surface area contributed by atoms with Crippen molar-refractivity contribution in [1.29, 1.82) is 0 Å². The molecule has 0 aromatic carbocycles. The first kappa shape index (κ1) is 54.4. The first-order valence-corrected chi connectivity index (χ1v) is 20.0. The minimum atomic E-state index is -1.46. The number of amides is 5. The van der Waals surface area contributed by atoms with Gasteiger partial charge in [-0.15, -0.1) is 0 Å². The van der Waals surface area contributed by atoms with E-state index >= 15 is 0 Å². The second kappa shape index (κ2) is 30.5. The van der Waals surface area contributed by atoms with Crippen LogP contribution in [-0.2, 0) is 66.7 Å². The molecular weight excluding hydrogens is 830 g/mol. The summed E-state index contributed by atoms with van der Waals surface area (Å²) in [5.74, 6) is -4.63. The predicted molar refractivity (Wildman–Crippen MR) is 223 cm³/mol. The molecule has 0 radical (unpaired) electrons. The molecule has 0 aromatic heterocycles. The SMILES string of the molecule is C=CC(=O)OCC(COCCCCCCN1C(=O)N(CCCCCCNC(=O)OCC(COC(=O)C=C)(COC(=O)C=C)COC(=O)C=C)C1=O)(COC(=O)C=C)COC(=O)C=C. The summed E-state index contributed by atoms with van der Waals surface area (Å²) in [6.07, 6.45) is 9.77. The summed E-state index contributed by atoms with van der Waals surface area (Å²) in [6.45, 7) is 18.1. The average Bonchev–Trinajstić information content (AvgIpc) is 3.30. The second-order valence-electron chi connectivity index (χ2n) is 14.1. The van der Waals surface area contributed by atoms with Gasteiger partial charge in [-0.1, -0.05) is 65.2 Å². The quantitative estimate of drug-likeness (QED) is 0.0403. The lowest BCUT2D eigenvalue weighted by atomic mass is 9.92. The Balaban J connectivity index is 2.44. The summed E-state index contributed by atoms with van der Waals surface area (Å²) < 4.78 is 41.9. The number of hydrogen-bond acceptors (Lipinski definition) is 17. The molecule has 5 amide bonds. The van der Waals surface area contributed by atoms with Crippen LogP contribution in [0.25, 0.3) is 0 Å². The monoisotopic (exact) mass is 889 g/mol. The summed E-state index contributed by atoms with van der Waals surface area (Å²) in [6, 6.07) is -0.742. The number of nitrogens with one attached hydrogen (secondary N) is 1. The van der Waals surface area contributed by atoms with Gasteiger partial charge in [0.1, 0.15) is 51.7 Å². The largest absolute Gasteiger partial charge is 0.462 e. The fourth-order valence-corrected chi connectivity index (χ4v) is 5.32. The van der Waals surface area contributed by atoms with Gasteiger partial charge >= 0.3 is 54.0 Å². The van der Waals surface area contributed by atoms with Crippen LogP contribution >= 0.6 is 0 Å². The molecule has 0 spiro atoms. The molecule has 63 heavy (non-hydrogen) atoms. The van der Waals surface area contributed by atoms with Gasteiger partial charge < -0.3 is 43.2 Å². The third-order valence-corrected chi connectivity index (χ3v) is 8.96. The Morgan fingerprint density at radius 3 is 1.08 bits per heavy atom. The Morgan fingerprint density at radius 2 is 0.730 bits per heavy atom. The van der Waals surface area contributed by atoms with Crippen LogP contribution in [0, 0.1) is 10.8 Å². The van der Waals surface area contributed by atoms with E-state index in [1.807, 2.05) is 0 Å². The molecule has 0 saturated carbocycles. The maximum Gasteiger partial charge on any atom is 0.407 e. The van der Waals surface area contributed by atoms with Gasteiger partial charge in [0.25, 0.3) is 0 Å². The smallest absolute Gasteiger partial charge is 0.407 e. The van der Waals surface area contributed by atoms with Gasteiger partial charge in [-0.25, -0.2) is 53.0 Å². The normalized spacial score (nSPS) is 12.1. The number of esters is 6. The summed E-state index contributed by atoms with van der Waals surface area (Å²) in [5.41, 5.74) is -2.69. The van der Waals surface area contributed by atoms with Gasteiger partial charge in [0, 0.05) is 62.7 Å². The lowest BCUT2D eigenvalue weighted by Gasteiger charge is -2.39. The summed E-state index contributed by atoms with van der Waals surface area (Å²) in [7, 11) is 0. The highest BCUT2D eigenvalue weighted by molar-refractivity contribution is 6.11. The molecule has 0 unspecified atom stereocenters. The highest BCUT2D eigenvalue weighted by Gasteiger charge is 2.42. The molecule has 0 aliphatic carbocycles. The number of rotatable bonds is 36. The van der Waals surface area contributed by atoms with Crippen LogP contribution in [0.2, 0.25) is 0 Å². The Morgan fingerprint density at radius 1 is 0.429 bits per heavy atom. The zero-order chi connectivity index (χ0) is 47.1. The topological polar surface area (TPSA) is 246 Å². The summed E-state index contributed by atoms with van der Waals surface area (Å²) in [4.78, 5) is 111. The maximum absolute atomic E-state index is 12.6. The Hall–Kier alpha value is -6.57. The fraction of sp³-hybridized carbons (Fsp3) is 0.512. The summed E-state index contributed by atoms with van der Waals surface area (Å²) >= 11 is 0. The Labute approximate surface area is 366 Å². The van der Waals surface area contributed by atoms with Crippen molar-refractivity contribution in [3.63, 3.8) is 0 Å². The molecule has 1 saturated heterocycles. The first-order valence-electron chi connectivity index (χ1n) is 20.0. The minimum Gasteiger partial charge on any atom is -0.462 e. The van der Waals surface area contributed by atoms with Crippen molar-refractivity contribution >= 4 is 54.0 Å². The van der Waals surface area contributed by atoms with Gasteiger partial charge in [0.05, 0.1) is 12.0 Å². The lowest BCUT2D eigenvalue weighted by Crippen LogP contribution is -2.64. The Kier molecular flexibility index (Phi) is 26.3. The van der Waals surface area contributed by atoms with Crippen LogP contribution in [0.1, 0.15) is 51.4 Å². The highest BCUT2D eigenvalue weighted by atomic mass is 16.6. The zero-order valence-electron chi connectivity index (χ0n) is 35.7. The van der Waals surface area contributed by atoms with Crippen molar-refractivity contribution in [2.45, 2.75) is 51.4 Å². The van der Waals surface area contributed by atoms with Crippen molar-refractivity contribution in [2.75, 3.05) is 79.1 Å². The van der Waals surface area contributed by atoms with Crippen LogP contribution < -0.4 is 5.32 Å². The van der Waals surface area contributed by atoms with Gasteiger partial charge in [-0.3, -0.25) is 0 Å². The van der Waals surface area contributed by atoms with Crippen LogP contribution in [0.4, 0.5) is 14.4 Å². The molecule has 348 valence electrons. The molecule has 0 aromatic rings. The number of imide groups is 2. The van der Waals surface area contributed by atoms with E-state index in [0.717, 1.165) is 36.5 Å². The van der Waals surface area contributed by atoms with Crippen LogP contribution in [0.5, 0.6) is 0 Å². The third-order valence-electron chi connectivity index (χ3n) is 8.96. The van der Waals surface area contributed by atoms with Crippen LogP contribution in [-0.4, -0.2) is 143 Å². The van der Waals surface area contributed by atoms with E-state index in [9.17, 15) is 43.2 Å².